The molecule has 128 valence electrons. The topological polar surface area (TPSA) is 0 Å². The number of hydrogen-bond acceptors (Lipinski definition) is 2. The molecular formula is C22H28S2. The van der Waals surface area contributed by atoms with Crippen LogP contribution in [0.15, 0.2) is 24.3 Å². The van der Waals surface area contributed by atoms with Gasteiger partial charge in [-0.2, -0.15) is 0 Å². The Kier molecular flexibility index (Phi) is 4.21. The van der Waals surface area contributed by atoms with Gasteiger partial charge >= 0.3 is 0 Å². The zero-order valence-corrected chi connectivity index (χ0v) is 17.8. The van der Waals surface area contributed by atoms with Crippen molar-refractivity contribution in [2.75, 3.05) is 0 Å². The van der Waals surface area contributed by atoms with Crippen LogP contribution in [-0.2, 0) is 10.8 Å². The summed E-state index contributed by atoms with van der Waals surface area (Å²) in [4.78, 5) is 2.84. The Morgan fingerprint density at radius 2 is 1.46 bits per heavy atom. The molecule has 0 saturated heterocycles. The van der Waals surface area contributed by atoms with Gasteiger partial charge in [-0.05, 0) is 47.4 Å². The van der Waals surface area contributed by atoms with E-state index in [0.29, 0.717) is 0 Å². The molecule has 0 aliphatic heterocycles. The molecule has 1 aromatic carbocycles. The van der Waals surface area contributed by atoms with Crippen molar-refractivity contribution in [3.05, 3.63) is 45.1 Å². The number of benzene rings is 1. The van der Waals surface area contributed by atoms with E-state index in [9.17, 15) is 0 Å². The van der Waals surface area contributed by atoms with E-state index in [-0.39, 0.29) is 10.8 Å². The minimum Gasteiger partial charge on any atom is -0.139 e. The van der Waals surface area contributed by atoms with Crippen LogP contribution in [0.5, 0.6) is 0 Å². The highest BCUT2D eigenvalue weighted by Crippen LogP contribution is 2.46. The Hall–Kier alpha value is -1.12. The van der Waals surface area contributed by atoms with Crippen LogP contribution in [0.4, 0.5) is 0 Å². The maximum absolute atomic E-state index is 2.44. The molecule has 2 heteroatoms. The van der Waals surface area contributed by atoms with Crippen LogP contribution in [0, 0.1) is 13.8 Å². The van der Waals surface area contributed by atoms with E-state index in [4.69, 9.17) is 0 Å². The lowest BCUT2D eigenvalue weighted by Gasteiger charge is -2.27. The summed E-state index contributed by atoms with van der Waals surface area (Å²) in [7, 11) is 0. The first-order valence-corrected chi connectivity index (χ1v) is 10.3. The Morgan fingerprint density at radius 1 is 0.792 bits per heavy atom. The van der Waals surface area contributed by atoms with Gasteiger partial charge in [0.05, 0.1) is 4.70 Å². The fourth-order valence-electron chi connectivity index (χ4n) is 3.28. The molecule has 0 unspecified atom stereocenters. The average Bonchev–Trinajstić information content (AvgIpc) is 2.90. The standard InChI is InChI=1S/C22H28S2/c1-13-11-18-20(23-13)19(14(2)24-18)16-10-9-15(21(3,4)5)12-17(16)22(6,7)8/h9-12H,1-8H3. The Bertz CT molecular complexity index is 893. The lowest BCUT2D eigenvalue weighted by Crippen LogP contribution is -2.17. The normalized spacial score (nSPS) is 13.0. The van der Waals surface area contributed by atoms with Crippen LogP contribution in [0.1, 0.15) is 62.4 Å². The summed E-state index contributed by atoms with van der Waals surface area (Å²) in [5.41, 5.74) is 6.06. The van der Waals surface area contributed by atoms with E-state index >= 15 is 0 Å². The van der Waals surface area contributed by atoms with Crippen LogP contribution in [0.2, 0.25) is 0 Å². The van der Waals surface area contributed by atoms with Gasteiger partial charge in [0, 0.05) is 20.0 Å². The first kappa shape index (κ1) is 17.7. The van der Waals surface area contributed by atoms with Crippen LogP contribution in [-0.4, -0.2) is 0 Å². The summed E-state index contributed by atoms with van der Waals surface area (Å²) in [6.07, 6.45) is 0. The number of aryl methyl sites for hydroxylation is 2. The van der Waals surface area contributed by atoms with Gasteiger partial charge in [0.2, 0.25) is 0 Å². The van der Waals surface area contributed by atoms with Gasteiger partial charge in [-0.3, -0.25) is 0 Å². The molecule has 0 nitrogen and oxygen atoms in total. The molecule has 24 heavy (non-hydrogen) atoms. The van der Waals surface area contributed by atoms with Gasteiger partial charge in [0.15, 0.2) is 0 Å². The van der Waals surface area contributed by atoms with Gasteiger partial charge < -0.3 is 0 Å². The number of thiophene rings is 2. The summed E-state index contributed by atoms with van der Waals surface area (Å²) >= 11 is 3.87. The molecule has 0 aliphatic rings. The second kappa shape index (κ2) is 5.71. The van der Waals surface area contributed by atoms with Crippen molar-refractivity contribution >= 4 is 32.1 Å². The predicted molar refractivity (Wildman–Crippen MR) is 112 cm³/mol. The van der Waals surface area contributed by atoms with Gasteiger partial charge in [-0.15, -0.1) is 22.7 Å². The zero-order valence-electron chi connectivity index (χ0n) is 16.1. The average molecular weight is 357 g/mol. The summed E-state index contributed by atoms with van der Waals surface area (Å²) in [5, 5.41) is 0. The summed E-state index contributed by atoms with van der Waals surface area (Å²) < 4.78 is 2.90. The molecular weight excluding hydrogens is 328 g/mol. The monoisotopic (exact) mass is 356 g/mol. The minimum absolute atomic E-state index is 0.129. The van der Waals surface area contributed by atoms with Gasteiger partial charge in [0.25, 0.3) is 0 Å². The largest absolute Gasteiger partial charge is 0.139 e. The van der Waals surface area contributed by atoms with Crippen molar-refractivity contribution in [2.45, 2.75) is 66.2 Å². The first-order valence-electron chi connectivity index (χ1n) is 8.63. The van der Waals surface area contributed by atoms with E-state index in [1.807, 2.05) is 22.7 Å². The molecule has 0 atom stereocenters. The van der Waals surface area contributed by atoms with Gasteiger partial charge in [-0.1, -0.05) is 59.7 Å². The van der Waals surface area contributed by atoms with Crippen LogP contribution in [0.25, 0.3) is 20.5 Å². The third-order valence-corrected chi connectivity index (χ3v) is 6.88. The number of rotatable bonds is 1. The zero-order chi connectivity index (χ0) is 17.9. The lowest BCUT2D eigenvalue weighted by molar-refractivity contribution is 0.570. The quantitative estimate of drug-likeness (QED) is 0.416. The second-order valence-electron chi connectivity index (χ2n) is 8.84. The molecule has 2 aromatic heterocycles. The molecule has 0 amide bonds. The van der Waals surface area contributed by atoms with E-state index < -0.39 is 0 Å². The SMILES string of the molecule is Cc1cc2sc(C)c(-c3ccc(C(C)(C)C)cc3C(C)(C)C)c2s1. The second-order valence-corrected chi connectivity index (χ2v) is 11.4. The van der Waals surface area contributed by atoms with Crippen molar-refractivity contribution in [2.24, 2.45) is 0 Å². The summed E-state index contributed by atoms with van der Waals surface area (Å²) in [6.45, 7) is 18.4. The fraction of sp³-hybridized carbons (Fsp3) is 0.455. The third-order valence-electron chi connectivity index (χ3n) is 4.63. The Labute approximate surface area is 154 Å². The van der Waals surface area contributed by atoms with E-state index in [2.05, 4.69) is 79.7 Å². The lowest BCUT2D eigenvalue weighted by atomic mass is 9.77. The predicted octanol–water partition coefficient (Wildman–Crippen LogP) is 7.84. The Balaban J connectivity index is 2.32. The van der Waals surface area contributed by atoms with Gasteiger partial charge in [-0.25, -0.2) is 0 Å². The highest BCUT2D eigenvalue weighted by atomic mass is 32.1. The molecule has 3 aromatic rings. The first-order chi connectivity index (χ1) is 11.0. The molecule has 0 aliphatic carbocycles. The van der Waals surface area contributed by atoms with Crippen molar-refractivity contribution in [3.63, 3.8) is 0 Å². The van der Waals surface area contributed by atoms with Crippen LogP contribution < -0.4 is 0 Å². The number of fused-ring (bicyclic) bond motifs is 1. The van der Waals surface area contributed by atoms with Crippen molar-refractivity contribution < 1.29 is 0 Å². The molecule has 0 radical (unpaired) electrons. The van der Waals surface area contributed by atoms with Crippen LogP contribution >= 0.6 is 22.7 Å². The molecule has 0 bridgehead atoms. The van der Waals surface area contributed by atoms with E-state index in [0.717, 1.165) is 0 Å². The highest BCUT2D eigenvalue weighted by molar-refractivity contribution is 7.28. The van der Waals surface area contributed by atoms with E-state index in [1.54, 1.807) is 0 Å². The third kappa shape index (κ3) is 3.07. The maximum Gasteiger partial charge on any atom is 0.0534 e. The molecule has 2 heterocycles. The number of hydrogen-bond donors (Lipinski definition) is 0. The minimum atomic E-state index is 0.129. The smallest absolute Gasteiger partial charge is 0.0534 e. The summed E-state index contributed by atoms with van der Waals surface area (Å²) in [6, 6.07) is 9.47. The molecule has 0 fully saturated rings. The molecule has 0 saturated carbocycles. The molecule has 0 spiro atoms. The van der Waals surface area contributed by atoms with E-state index in [1.165, 1.54) is 41.4 Å². The Morgan fingerprint density at radius 3 is 2.04 bits per heavy atom. The maximum atomic E-state index is 2.44. The molecule has 0 N–H and O–H groups in total. The van der Waals surface area contributed by atoms with Crippen LogP contribution in [0.3, 0.4) is 0 Å². The van der Waals surface area contributed by atoms with Crippen molar-refractivity contribution in [3.8, 4) is 11.1 Å². The summed E-state index contributed by atoms with van der Waals surface area (Å²) in [5.74, 6) is 0. The highest BCUT2D eigenvalue weighted by Gasteiger charge is 2.25. The fourth-order valence-corrected chi connectivity index (χ4v) is 5.77. The van der Waals surface area contributed by atoms with Gasteiger partial charge in [0.1, 0.15) is 0 Å². The molecule has 3 rings (SSSR count). The van der Waals surface area contributed by atoms with Crippen molar-refractivity contribution in [1.29, 1.82) is 0 Å². The van der Waals surface area contributed by atoms with Crippen molar-refractivity contribution in [1.82, 2.24) is 0 Å².